The number of hydrogen-bond acceptors (Lipinski definition) is 4. The number of hydrogen-bond donors (Lipinski definition) is 1. The number of nitriles is 1. The van der Waals surface area contributed by atoms with Gasteiger partial charge in [-0.15, -0.1) is 0 Å². The zero-order valence-corrected chi connectivity index (χ0v) is 17.5. The maximum Gasteiger partial charge on any atom is 0.189 e. The van der Waals surface area contributed by atoms with Crippen molar-refractivity contribution in [1.82, 2.24) is 14.6 Å². The van der Waals surface area contributed by atoms with Crippen LogP contribution in [0.5, 0.6) is 5.75 Å². The number of aromatic nitrogens is 3. The molecule has 0 bridgehead atoms. The van der Waals surface area contributed by atoms with E-state index in [0.717, 1.165) is 17.3 Å². The average Bonchev–Trinajstić information content (AvgIpc) is 3.21. The lowest BCUT2D eigenvalue weighted by atomic mass is 9.75. The lowest BCUT2D eigenvalue weighted by Gasteiger charge is -2.37. The first-order chi connectivity index (χ1) is 14.0. The zero-order chi connectivity index (χ0) is 20.5. The molecular formula is C23H28N4O2. The van der Waals surface area contributed by atoms with Gasteiger partial charge < -0.3 is 9.47 Å². The second-order valence-corrected chi connectivity index (χ2v) is 8.54. The molecule has 0 saturated heterocycles. The Balaban J connectivity index is 1.47. The highest BCUT2D eigenvalue weighted by Crippen LogP contribution is 2.35. The summed E-state index contributed by atoms with van der Waals surface area (Å²) < 4.78 is 13.6. The van der Waals surface area contributed by atoms with E-state index in [0.29, 0.717) is 28.8 Å². The van der Waals surface area contributed by atoms with Gasteiger partial charge in [0.25, 0.3) is 0 Å². The van der Waals surface area contributed by atoms with Crippen LogP contribution in [0.15, 0.2) is 30.5 Å². The molecule has 1 aliphatic carbocycles. The molecule has 0 aliphatic heterocycles. The molecule has 1 saturated carbocycles. The molecule has 1 fully saturated rings. The fraction of sp³-hybridized carbons (Fsp3) is 0.478. The van der Waals surface area contributed by atoms with Crippen molar-refractivity contribution < 1.29 is 9.47 Å². The van der Waals surface area contributed by atoms with Gasteiger partial charge in [0.15, 0.2) is 24.0 Å². The third-order valence-corrected chi connectivity index (χ3v) is 5.97. The van der Waals surface area contributed by atoms with Crippen molar-refractivity contribution in [3.63, 3.8) is 0 Å². The summed E-state index contributed by atoms with van der Waals surface area (Å²) in [5.74, 6) is 2.97. The van der Waals surface area contributed by atoms with E-state index < -0.39 is 0 Å². The van der Waals surface area contributed by atoms with Crippen molar-refractivity contribution in [3.05, 3.63) is 41.6 Å². The second-order valence-electron chi connectivity index (χ2n) is 8.54. The Hall–Kier alpha value is -2.78. The summed E-state index contributed by atoms with van der Waals surface area (Å²) in [4.78, 5) is 4.60. The molecule has 0 spiro atoms. The van der Waals surface area contributed by atoms with E-state index in [4.69, 9.17) is 9.47 Å². The number of nitrogens with one attached hydrogen (secondary N) is 1. The van der Waals surface area contributed by atoms with Crippen molar-refractivity contribution in [1.29, 1.82) is 5.26 Å². The number of aromatic amines is 1. The van der Waals surface area contributed by atoms with Crippen LogP contribution in [0.3, 0.4) is 0 Å². The highest BCUT2D eigenvalue weighted by molar-refractivity contribution is 5.67. The molecule has 0 amide bonds. The molecular weight excluding hydrogens is 364 g/mol. The number of aryl methyl sites for hydroxylation is 1. The Morgan fingerprint density at radius 2 is 1.86 bits per heavy atom. The van der Waals surface area contributed by atoms with E-state index in [1.807, 2.05) is 31.2 Å². The first kappa shape index (κ1) is 19.5. The van der Waals surface area contributed by atoms with Gasteiger partial charge in [0.2, 0.25) is 0 Å². The standard InChI is InChI=1S/C23H28N4O2/c1-14-5-7-18(8-6-14)22-25-23-19(11-24)20(12-27(23)26-22)28-13-29-21-16(3)9-15(2)10-17(21)4/h5-8,12,15-17,21H,9-10,13H2,1-4H3,(H,25,26). The summed E-state index contributed by atoms with van der Waals surface area (Å²) in [5.41, 5.74) is 3.15. The van der Waals surface area contributed by atoms with Gasteiger partial charge in [0.1, 0.15) is 11.6 Å². The van der Waals surface area contributed by atoms with Crippen LogP contribution in [-0.4, -0.2) is 27.5 Å². The third-order valence-electron chi connectivity index (χ3n) is 5.97. The first-order valence-electron chi connectivity index (χ1n) is 10.3. The van der Waals surface area contributed by atoms with Crippen LogP contribution >= 0.6 is 0 Å². The number of nitrogens with zero attached hydrogens (tertiary/aromatic N) is 3. The fourth-order valence-electron chi connectivity index (χ4n) is 4.67. The Morgan fingerprint density at radius 1 is 1.17 bits per heavy atom. The summed E-state index contributed by atoms with van der Waals surface area (Å²) >= 11 is 0. The summed E-state index contributed by atoms with van der Waals surface area (Å²) in [6, 6.07) is 10.3. The third kappa shape index (κ3) is 3.88. The van der Waals surface area contributed by atoms with Gasteiger partial charge in [-0.1, -0.05) is 50.6 Å². The molecule has 2 heterocycles. The van der Waals surface area contributed by atoms with E-state index in [9.17, 15) is 5.26 Å². The van der Waals surface area contributed by atoms with Crippen molar-refractivity contribution in [2.24, 2.45) is 17.8 Å². The maximum atomic E-state index is 9.64. The topological polar surface area (TPSA) is 75.3 Å². The molecule has 29 heavy (non-hydrogen) atoms. The number of fused-ring (bicyclic) bond motifs is 1. The van der Waals surface area contributed by atoms with Crippen LogP contribution in [0.2, 0.25) is 0 Å². The highest BCUT2D eigenvalue weighted by Gasteiger charge is 2.32. The maximum absolute atomic E-state index is 9.64. The Kier molecular flexibility index (Phi) is 5.33. The normalized spacial score (nSPS) is 24.5. The number of rotatable bonds is 5. The molecule has 6 nitrogen and oxygen atoms in total. The SMILES string of the molecule is Cc1ccc(-c2nc3c(C#N)c(OCOC4C(C)CC(C)CC4C)cn3[nH]2)cc1. The predicted molar refractivity (Wildman–Crippen MR) is 112 cm³/mol. The van der Waals surface area contributed by atoms with Crippen molar-refractivity contribution in [3.8, 4) is 23.2 Å². The lowest BCUT2D eigenvalue weighted by Crippen LogP contribution is -2.36. The van der Waals surface area contributed by atoms with Crippen LogP contribution < -0.4 is 4.74 Å². The highest BCUT2D eigenvalue weighted by atomic mass is 16.7. The van der Waals surface area contributed by atoms with Crippen LogP contribution in [-0.2, 0) is 4.74 Å². The molecule has 2 atom stereocenters. The molecule has 0 radical (unpaired) electrons. The van der Waals surface area contributed by atoms with Crippen molar-refractivity contribution in [2.45, 2.75) is 46.6 Å². The molecule has 6 heteroatoms. The Morgan fingerprint density at radius 3 is 2.52 bits per heavy atom. The van der Waals surface area contributed by atoms with Gasteiger partial charge in [0, 0.05) is 5.56 Å². The number of benzene rings is 1. The quantitative estimate of drug-likeness (QED) is 0.625. The molecule has 4 rings (SSSR count). The summed E-state index contributed by atoms with van der Waals surface area (Å²) in [5, 5.41) is 12.9. The van der Waals surface area contributed by atoms with Crippen molar-refractivity contribution >= 4 is 5.65 Å². The van der Waals surface area contributed by atoms with E-state index in [2.05, 4.69) is 36.9 Å². The molecule has 2 unspecified atom stereocenters. The minimum absolute atomic E-state index is 0.139. The molecule has 1 N–H and O–H groups in total. The lowest BCUT2D eigenvalue weighted by molar-refractivity contribution is -0.100. The largest absolute Gasteiger partial charge is 0.464 e. The van der Waals surface area contributed by atoms with Crippen LogP contribution in [0.4, 0.5) is 0 Å². The van der Waals surface area contributed by atoms with Crippen LogP contribution in [0.25, 0.3) is 17.0 Å². The summed E-state index contributed by atoms with van der Waals surface area (Å²) in [6.45, 7) is 8.98. The number of H-pyrrole nitrogens is 1. The molecule has 3 aromatic rings. The molecule has 1 aromatic carbocycles. The Bertz CT molecular complexity index is 1020. The van der Waals surface area contributed by atoms with Gasteiger partial charge in [-0.3, -0.25) is 5.10 Å². The van der Waals surface area contributed by atoms with Crippen LogP contribution in [0.1, 0.15) is 44.7 Å². The monoisotopic (exact) mass is 392 g/mol. The first-order valence-corrected chi connectivity index (χ1v) is 10.3. The van der Waals surface area contributed by atoms with Gasteiger partial charge in [-0.25, -0.2) is 9.50 Å². The molecule has 152 valence electrons. The van der Waals surface area contributed by atoms with E-state index in [-0.39, 0.29) is 12.9 Å². The Labute approximate surface area is 171 Å². The number of ether oxygens (including phenoxy) is 2. The average molecular weight is 393 g/mol. The smallest absolute Gasteiger partial charge is 0.189 e. The van der Waals surface area contributed by atoms with Gasteiger partial charge in [-0.05, 0) is 37.5 Å². The van der Waals surface area contributed by atoms with Crippen molar-refractivity contribution in [2.75, 3.05) is 6.79 Å². The van der Waals surface area contributed by atoms with E-state index in [1.165, 1.54) is 18.4 Å². The predicted octanol–water partition coefficient (Wildman–Crippen LogP) is 4.93. The zero-order valence-electron chi connectivity index (χ0n) is 17.5. The summed E-state index contributed by atoms with van der Waals surface area (Å²) in [6.07, 6.45) is 4.31. The minimum atomic E-state index is 0.139. The second kappa shape index (κ2) is 7.92. The molecule has 1 aliphatic rings. The van der Waals surface area contributed by atoms with Gasteiger partial charge in [-0.2, -0.15) is 5.26 Å². The van der Waals surface area contributed by atoms with E-state index in [1.54, 1.807) is 10.7 Å². The van der Waals surface area contributed by atoms with Gasteiger partial charge in [0.05, 0.1) is 12.3 Å². The summed E-state index contributed by atoms with van der Waals surface area (Å²) in [7, 11) is 0. The van der Waals surface area contributed by atoms with E-state index >= 15 is 0 Å². The fourth-order valence-corrected chi connectivity index (χ4v) is 4.67. The molecule has 2 aromatic heterocycles. The minimum Gasteiger partial charge on any atom is -0.464 e. The van der Waals surface area contributed by atoms with Crippen LogP contribution in [0, 0.1) is 36.0 Å². The van der Waals surface area contributed by atoms with Gasteiger partial charge >= 0.3 is 0 Å².